The smallest absolute Gasteiger partial charge is 0.303 e. The number of carboxylic acids is 1. The van der Waals surface area contributed by atoms with E-state index in [0.29, 0.717) is 18.3 Å². The molecule has 0 atom stereocenters. The highest BCUT2D eigenvalue weighted by molar-refractivity contribution is 5.66. The Morgan fingerprint density at radius 1 is 1.30 bits per heavy atom. The van der Waals surface area contributed by atoms with Gasteiger partial charge in [0.1, 0.15) is 0 Å². The standard InChI is InChI=1S/C14H15N3O3/c18-14(19)6-5-12-15-16-13(20-12)9-17-8-7-10-3-1-2-4-11(10)17/h1-4H,5-9H2,(H,18,19). The van der Waals surface area contributed by atoms with Gasteiger partial charge in [0.15, 0.2) is 0 Å². The Bertz CT molecular complexity index is 624. The monoisotopic (exact) mass is 273 g/mol. The van der Waals surface area contributed by atoms with E-state index in [1.165, 1.54) is 11.3 Å². The van der Waals surface area contributed by atoms with Crippen LogP contribution in [0.4, 0.5) is 5.69 Å². The zero-order valence-electron chi connectivity index (χ0n) is 11.0. The Balaban J connectivity index is 1.66. The highest BCUT2D eigenvalue weighted by Gasteiger charge is 2.20. The fourth-order valence-electron chi connectivity index (χ4n) is 2.40. The molecule has 104 valence electrons. The number of anilines is 1. The second-order valence-electron chi connectivity index (χ2n) is 4.78. The number of aliphatic carboxylic acids is 1. The number of rotatable bonds is 5. The minimum absolute atomic E-state index is 0.00812. The lowest BCUT2D eigenvalue weighted by molar-refractivity contribution is -0.137. The van der Waals surface area contributed by atoms with Crippen LogP contribution in [-0.4, -0.2) is 27.8 Å². The van der Waals surface area contributed by atoms with E-state index >= 15 is 0 Å². The van der Waals surface area contributed by atoms with E-state index in [1.54, 1.807) is 0 Å². The first-order valence-electron chi connectivity index (χ1n) is 6.58. The van der Waals surface area contributed by atoms with E-state index in [4.69, 9.17) is 9.52 Å². The van der Waals surface area contributed by atoms with Crippen molar-refractivity contribution in [3.05, 3.63) is 41.6 Å². The molecule has 6 nitrogen and oxygen atoms in total. The lowest BCUT2D eigenvalue weighted by Gasteiger charge is -2.16. The number of hydrogen-bond acceptors (Lipinski definition) is 5. The summed E-state index contributed by atoms with van der Waals surface area (Å²) in [6, 6.07) is 8.27. The van der Waals surface area contributed by atoms with Crippen molar-refractivity contribution < 1.29 is 14.3 Å². The number of para-hydroxylation sites is 1. The third-order valence-corrected chi connectivity index (χ3v) is 3.37. The molecule has 6 heteroatoms. The number of nitrogens with zero attached hydrogens (tertiary/aromatic N) is 3. The molecular formula is C14H15N3O3. The van der Waals surface area contributed by atoms with Gasteiger partial charge in [-0.2, -0.15) is 0 Å². The van der Waals surface area contributed by atoms with Crippen LogP contribution in [0.1, 0.15) is 23.8 Å². The van der Waals surface area contributed by atoms with E-state index in [-0.39, 0.29) is 12.8 Å². The SMILES string of the molecule is O=C(O)CCc1nnc(CN2CCc3ccccc32)o1. The van der Waals surface area contributed by atoms with Crippen molar-refractivity contribution in [2.24, 2.45) is 0 Å². The molecule has 0 unspecified atom stereocenters. The van der Waals surface area contributed by atoms with Gasteiger partial charge >= 0.3 is 5.97 Å². The Morgan fingerprint density at radius 3 is 2.95 bits per heavy atom. The molecule has 0 spiro atoms. The Morgan fingerprint density at radius 2 is 2.10 bits per heavy atom. The van der Waals surface area contributed by atoms with E-state index in [1.807, 2.05) is 12.1 Å². The quantitative estimate of drug-likeness (QED) is 0.892. The molecule has 0 saturated heterocycles. The van der Waals surface area contributed by atoms with Crippen LogP contribution in [0.25, 0.3) is 0 Å². The highest BCUT2D eigenvalue weighted by atomic mass is 16.4. The molecular weight excluding hydrogens is 258 g/mol. The van der Waals surface area contributed by atoms with Crippen LogP contribution in [-0.2, 0) is 24.2 Å². The average Bonchev–Trinajstić information content (AvgIpc) is 3.05. The Labute approximate surface area is 116 Å². The summed E-state index contributed by atoms with van der Waals surface area (Å²) in [5.41, 5.74) is 2.54. The maximum Gasteiger partial charge on any atom is 0.303 e. The zero-order valence-corrected chi connectivity index (χ0v) is 11.0. The molecule has 1 aromatic carbocycles. The fraction of sp³-hybridized carbons (Fsp3) is 0.357. The first-order valence-corrected chi connectivity index (χ1v) is 6.58. The third kappa shape index (κ3) is 2.64. The zero-order chi connectivity index (χ0) is 13.9. The van der Waals surface area contributed by atoms with Crippen molar-refractivity contribution >= 4 is 11.7 Å². The molecule has 0 bridgehead atoms. The summed E-state index contributed by atoms with van der Waals surface area (Å²) < 4.78 is 5.48. The molecule has 2 aromatic rings. The lowest BCUT2D eigenvalue weighted by Crippen LogP contribution is -2.19. The average molecular weight is 273 g/mol. The molecule has 1 aliphatic rings. The van der Waals surface area contributed by atoms with Gasteiger partial charge in [0.05, 0.1) is 13.0 Å². The predicted molar refractivity (Wildman–Crippen MR) is 71.5 cm³/mol. The molecule has 1 N–H and O–H groups in total. The van der Waals surface area contributed by atoms with E-state index in [2.05, 4.69) is 27.2 Å². The van der Waals surface area contributed by atoms with Crippen LogP contribution in [0.15, 0.2) is 28.7 Å². The molecule has 0 amide bonds. The summed E-state index contributed by atoms with van der Waals surface area (Å²) in [6.07, 6.45) is 1.31. The van der Waals surface area contributed by atoms with Crippen molar-refractivity contribution in [2.75, 3.05) is 11.4 Å². The Kier molecular flexibility index (Phi) is 3.37. The molecule has 20 heavy (non-hydrogen) atoms. The van der Waals surface area contributed by atoms with Crippen molar-refractivity contribution in [2.45, 2.75) is 25.8 Å². The number of benzene rings is 1. The highest BCUT2D eigenvalue weighted by Crippen LogP contribution is 2.28. The van der Waals surface area contributed by atoms with Gasteiger partial charge in [0.2, 0.25) is 11.8 Å². The van der Waals surface area contributed by atoms with Gasteiger partial charge in [-0.05, 0) is 18.1 Å². The summed E-state index contributed by atoms with van der Waals surface area (Å²) in [4.78, 5) is 12.7. The van der Waals surface area contributed by atoms with Crippen molar-refractivity contribution in [3.8, 4) is 0 Å². The van der Waals surface area contributed by atoms with Gasteiger partial charge in [0, 0.05) is 18.7 Å². The van der Waals surface area contributed by atoms with E-state index in [0.717, 1.165) is 13.0 Å². The van der Waals surface area contributed by atoms with Crippen LogP contribution < -0.4 is 4.90 Å². The van der Waals surface area contributed by atoms with Gasteiger partial charge in [-0.25, -0.2) is 0 Å². The van der Waals surface area contributed by atoms with Crippen LogP contribution >= 0.6 is 0 Å². The molecule has 1 aromatic heterocycles. The van der Waals surface area contributed by atoms with Gasteiger partial charge in [-0.3, -0.25) is 4.79 Å². The first-order chi connectivity index (χ1) is 9.72. The lowest BCUT2D eigenvalue weighted by atomic mass is 10.2. The van der Waals surface area contributed by atoms with E-state index in [9.17, 15) is 4.79 Å². The molecule has 0 radical (unpaired) electrons. The minimum atomic E-state index is -0.863. The first kappa shape index (κ1) is 12.7. The normalized spacial score (nSPS) is 13.5. The maximum absolute atomic E-state index is 10.5. The number of carbonyl (C=O) groups is 1. The summed E-state index contributed by atoms with van der Waals surface area (Å²) in [5.74, 6) is 0.0511. The van der Waals surface area contributed by atoms with Crippen LogP contribution in [0.3, 0.4) is 0 Å². The topological polar surface area (TPSA) is 79.5 Å². The molecule has 0 aliphatic carbocycles. The molecule has 3 rings (SSSR count). The second kappa shape index (κ2) is 5.32. The maximum atomic E-state index is 10.5. The molecule has 0 fully saturated rings. The number of carboxylic acid groups (broad SMARTS) is 1. The van der Waals surface area contributed by atoms with Crippen LogP contribution in [0.5, 0.6) is 0 Å². The minimum Gasteiger partial charge on any atom is -0.481 e. The van der Waals surface area contributed by atoms with Gasteiger partial charge in [0.25, 0.3) is 0 Å². The number of hydrogen-bond donors (Lipinski definition) is 1. The second-order valence-corrected chi connectivity index (χ2v) is 4.78. The van der Waals surface area contributed by atoms with Crippen molar-refractivity contribution in [1.29, 1.82) is 0 Å². The summed E-state index contributed by atoms with van der Waals surface area (Å²) in [7, 11) is 0. The van der Waals surface area contributed by atoms with Crippen LogP contribution in [0.2, 0.25) is 0 Å². The van der Waals surface area contributed by atoms with Crippen molar-refractivity contribution in [1.82, 2.24) is 10.2 Å². The predicted octanol–water partition coefficient (Wildman–Crippen LogP) is 1.65. The molecule has 0 saturated carbocycles. The number of aromatic nitrogens is 2. The third-order valence-electron chi connectivity index (χ3n) is 3.37. The number of aryl methyl sites for hydroxylation is 1. The van der Waals surface area contributed by atoms with Crippen LogP contribution in [0, 0.1) is 0 Å². The van der Waals surface area contributed by atoms with Gasteiger partial charge in [-0.1, -0.05) is 18.2 Å². The van der Waals surface area contributed by atoms with E-state index < -0.39 is 5.97 Å². The summed E-state index contributed by atoms with van der Waals surface area (Å²) in [5, 5.41) is 16.5. The Hall–Kier alpha value is -2.37. The van der Waals surface area contributed by atoms with Gasteiger partial charge in [-0.15, -0.1) is 10.2 Å². The fourth-order valence-corrected chi connectivity index (χ4v) is 2.40. The number of fused-ring (bicyclic) bond motifs is 1. The largest absolute Gasteiger partial charge is 0.481 e. The van der Waals surface area contributed by atoms with Crippen molar-refractivity contribution in [3.63, 3.8) is 0 Å². The summed E-state index contributed by atoms with van der Waals surface area (Å²) in [6.45, 7) is 1.50. The molecule has 2 heterocycles. The molecule has 1 aliphatic heterocycles. The van der Waals surface area contributed by atoms with Gasteiger partial charge < -0.3 is 14.4 Å². The summed E-state index contributed by atoms with van der Waals surface area (Å²) >= 11 is 0.